The number of benzene rings is 3. The summed E-state index contributed by atoms with van der Waals surface area (Å²) >= 11 is 1.55. The van der Waals surface area contributed by atoms with Gasteiger partial charge in [0.05, 0.1) is 21.5 Å². The van der Waals surface area contributed by atoms with Crippen LogP contribution in [0.4, 0.5) is 5.69 Å². The molecule has 2 heterocycles. The first-order valence-corrected chi connectivity index (χ1v) is 9.87. The molecular weight excluding hydrogens is 384 g/mol. The Morgan fingerprint density at radius 2 is 1.90 bits per heavy atom. The molecule has 4 aromatic rings. The first-order chi connectivity index (χ1) is 14.3. The van der Waals surface area contributed by atoms with Crippen LogP contribution in [0.2, 0.25) is 0 Å². The van der Waals surface area contributed by atoms with Gasteiger partial charge in [0, 0.05) is 6.21 Å². The first-order valence-electron chi connectivity index (χ1n) is 9.06. The molecule has 6 heteroatoms. The zero-order valence-corrected chi connectivity index (χ0v) is 16.1. The van der Waals surface area contributed by atoms with E-state index >= 15 is 0 Å². The topological polar surface area (TPSA) is 63.9 Å². The molecule has 0 saturated carbocycles. The molecule has 0 bridgehead atoms. The van der Waals surface area contributed by atoms with Gasteiger partial charge in [0.1, 0.15) is 10.8 Å². The van der Waals surface area contributed by atoms with Gasteiger partial charge >= 0.3 is 0 Å². The molecule has 3 aromatic carbocycles. The van der Waals surface area contributed by atoms with Gasteiger partial charge in [-0.05, 0) is 54.1 Å². The molecule has 29 heavy (non-hydrogen) atoms. The van der Waals surface area contributed by atoms with Gasteiger partial charge in [-0.1, -0.05) is 24.3 Å². The Labute approximate surface area is 171 Å². The van der Waals surface area contributed by atoms with Crippen LogP contribution in [-0.2, 0) is 0 Å². The number of hydrogen-bond acceptors (Lipinski definition) is 6. The second-order valence-corrected chi connectivity index (χ2v) is 7.47. The summed E-state index contributed by atoms with van der Waals surface area (Å²) in [7, 11) is 0. The molecule has 0 spiro atoms. The van der Waals surface area contributed by atoms with E-state index < -0.39 is 0 Å². The monoisotopic (exact) mass is 400 g/mol. The third-order valence-corrected chi connectivity index (χ3v) is 5.57. The predicted octanol–water partition coefficient (Wildman–Crippen LogP) is 5.81. The number of aromatic hydroxyl groups is 1. The Bertz CT molecular complexity index is 1230. The summed E-state index contributed by atoms with van der Waals surface area (Å²) in [5.41, 5.74) is 3.35. The molecule has 1 aliphatic heterocycles. The Morgan fingerprint density at radius 3 is 2.83 bits per heavy atom. The van der Waals surface area contributed by atoms with Crippen molar-refractivity contribution in [2.75, 3.05) is 6.79 Å². The molecule has 0 saturated heterocycles. The molecule has 0 fully saturated rings. The molecule has 0 atom stereocenters. The molecular formula is C23H16N2O3S. The van der Waals surface area contributed by atoms with Gasteiger partial charge in [-0.25, -0.2) is 4.98 Å². The molecule has 0 unspecified atom stereocenters. The highest BCUT2D eigenvalue weighted by atomic mass is 32.1. The van der Waals surface area contributed by atoms with Crippen molar-refractivity contribution in [2.24, 2.45) is 4.99 Å². The zero-order chi connectivity index (χ0) is 19.6. The van der Waals surface area contributed by atoms with Gasteiger partial charge in [0.2, 0.25) is 6.79 Å². The van der Waals surface area contributed by atoms with E-state index in [1.54, 1.807) is 29.7 Å². The second-order valence-electron chi connectivity index (χ2n) is 6.44. The number of rotatable bonds is 4. The molecule has 142 valence electrons. The van der Waals surface area contributed by atoms with Crippen LogP contribution in [0.25, 0.3) is 26.9 Å². The highest BCUT2D eigenvalue weighted by Crippen LogP contribution is 2.37. The van der Waals surface area contributed by atoms with Crippen LogP contribution in [0, 0.1) is 0 Å². The van der Waals surface area contributed by atoms with Crippen molar-refractivity contribution in [1.82, 2.24) is 4.98 Å². The molecule has 1 aromatic heterocycles. The average molecular weight is 400 g/mol. The van der Waals surface area contributed by atoms with Crippen LogP contribution in [0.3, 0.4) is 0 Å². The largest absolute Gasteiger partial charge is 0.507 e. The minimum absolute atomic E-state index is 0.193. The summed E-state index contributed by atoms with van der Waals surface area (Å²) in [5.74, 6) is 1.71. The molecule has 5 nitrogen and oxygen atoms in total. The van der Waals surface area contributed by atoms with Crippen molar-refractivity contribution in [3.8, 4) is 27.8 Å². The maximum atomic E-state index is 10.3. The van der Waals surface area contributed by atoms with Crippen molar-refractivity contribution in [1.29, 1.82) is 0 Å². The Hall–Kier alpha value is -3.64. The van der Waals surface area contributed by atoms with E-state index in [1.807, 2.05) is 60.7 Å². The van der Waals surface area contributed by atoms with E-state index in [4.69, 9.17) is 9.47 Å². The number of aromatic nitrogens is 1. The van der Waals surface area contributed by atoms with E-state index in [2.05, 4.69) is 9.98 Å². The number of nitrogens with zero attached hydrogens (tertiary/aromatic N) is 2. The summed E-state index contributed by atoms with van der Waals surface area (Å²) in [6.07, 6.45) is 5.53. The molecule has 1 N–H and O–H groups in total. The lowest BCUT2D eigenvalue weighted by molar-refractivity contribution is 0.174. The number of para-hydroxylation sites is 1. The smallest absolute Gasteiger partial charge is 0.231 e. The minimum atomic E-state index is 0.193. The van der Waals surface area contributed by atoms with Crippen molar-refractivity contribution >= 4 is 39.5 Å². The fourth-order valence-corrected chi connectivity index (χ4v) is 4.05. The van der Waals surface area contributed by atoms with E-state index in [0.717, 1.165) is 38.0 Å². The summed E-state index contributed by atoms with van der Waals surface area (Å²) in [6, 6.07) is 19.0. The van der Waals surface area contributed by atoms with Crippen LogP contribution in [0.5, 0.6) is 17.2 Å². The molecule has 0 aliphatic carbocycles. The number of allylic oxidation sites excluding steroid dienone is 1. The SMILES string of the molecule is Oc1ccc(N=C/C=C/c2ccc3c(c2)OCO3)cc1-c1nc2ccccc2s1. The van der Waals surface area contributed by atoms with Crippen LogP contribution in [0.15, 0.2) is 71.7 Å². The van der Waals surface area contributed by atoms with Crippen LogP contribution in [0.1, 0.15) is 5.56 Å². The molecule has 5 rings (SSSR count). The third kappa shape index (κ3) is 3.58. The van der Waals surface area contributed by atoms with E-state index in [9.17, 15) is 5.11 Å². The Kier molecular flexibility index (Phi) is 4.46. The number of thiazole rings is 1. The lowest BCUT2D eigenvalue weighted by atomic mass is 10.2. The quantitative estimate of drug-likeness (QED) is 0.439. The summed E-state index contributed by atoms with van der Waals surface area (Å²) in [5, 5.41) is 11.1. The maximum Gasteiger partial charge on any atom is 0.231 e. The number of ether oxygens (including phenoxy) is 2. The number of aliphatic imine (C=N–C) groups is 1. The van der Waals surface area contributed by atoms with Gasteiger partial charge in [-0.15, -0.1) is 11.3 Å². The second kappa shape index (κ2) is 7.41. The highest BCUT2D eigenvalue weighted by molar-refractivity contribution is 7.21. The number of phenols is 1. The van der Waals surface area contributed by atoms with Crippen molar-refractivity contribution in [2.45, 2.75) is 0 Å². The van der Waals surface area contributed by atoms with E-state index in [1.165, 1.54) is 0 Å². The lowest BCUT2D eigenvalue weighted by Gasteiger charge is -2.02. The normalized spacial score (nSPS) is 13.1. The van der Waals surface area contributed by atoms with Crippen LogP contribution >= 0.6 is 11.3 Å². The van der Waals surface area contributed by atoms with E-state index in [-0.39, 0.29) is 12.5 Å². The van der Waals surface area contributed by atoms with Crippen molar-refractivity contribution < 1.29 is 14.6 Å². The lowest BCUT2D eigenvalue weighted by Crippen LogP contribution is -1.92. The number of fused-ring (bicyclic) bond motifs is 2. The molecule has 0 amide bonds. The van der Waals surface area contributed by atoms with Gasteiger partial charge in [-0.3, -0.25) is 4.99 Å². The predicted molar refractivity (Wildman–Crippen MR) is 116 cm³/mol. The summed E-state index contributed by atoms with van der Waals surface area (Å²) in [4.78, 5) is 9.09. The average Bonchev–Trinajstić information content (AvgIpc) is 3.38. The standard InChI is InChI=1S/C23H16N2O3S/c26-19-9-8-16(13-17(19)23-25-18-5-1-2-6-22(18)29-23)24-11-3-4-15-7-10-20-21(12-15)28-14-27-20/h1-13,26H,14H2/b4-3+,24-11?. The Balaban J connectivity index is 1.37. The minimum Gasteiger partial charge on any atom is -0.507 e. The molecule has 0 radical (unpaired) electrons. The number of hydrogen-bond donors (Lipinski definition) is 1. The van der Waals surface area contributed by atoms with Gasteiger partial charge in [0.25, 0.3) is 0 Å². The Morgan fingerprint density at radius 1 is 1.00 bits per heavy atom. The van der Waals surface area contributed by atoms with Crippen LogP contribution in [-0.4, -0.2) is 23.1 Å². The summed E-state index contributed by atoms with van der Waals surface area (Å²) in [6.45, 7) is 0.266. The zero-order valence-electron chi connectivity index (χ0n) is 15.3. The van der Waals surface area contributed by atoms with E-state index in [0.29, 0.717) is 5.56 Å². The van der Waals surface area contributed by atoms with Crippen LogP contribution < -0.4 is 9.47 Å². The van der Waals surface area contributed by atoms with Crippen molar-refractivity contribution in [3.63, 3.8) is 0 Å². The third-order valence-electron chi connectivity index (χ3n) is 4.50. The van der Waals surface area contributed by atoms with Gasteiger partial charge < -0.3 is 14.6 Å². The van der Waals surface area contributed by atoms with Gasteiger partial charge in [0.15, 0.2) is 11.5 Å². The first kappa shape index (κ1) is 17.5. The number of phenolic OH excluding ortho intramolecular Hbond substituents is 1. The fraction of sp³-hybridized carbons (Fsp3) is 0.0435. The summed E-state index contributed by atoms with van der Waals surface area (Å²) < 4.78 is 11.8. The van der Waals surface area contributed by atoms with Crippen molar-refractivity contribution in [3.05, 3.63) is 72.3 Å². The molecule has 1 aliphatic rings. The van der Waals surface area contributed by atoms with Gasteiger partial charge in [-0.2, -0.15) is 0 Å². The highest BCUT2D eigenvalue weighted by Gasteiger charge is 2.12. The maximum absolute atomic E-state index is 10.3. The fourth-order valence-electron chi connectivity index (χ4n) is 3.06.